The number of carbonyl (C=O) groups excluding carboxylic acids is 1. The molecule has 4 aromatic carbocycles. The third-order valence-corrected chi connectivity index (χ3v) is 7.78. The van der Waals surface area contributed by atoms with Crippen LogP contribution in [0, 0.1) is 5.82 Å². The first kappa shape index (κ1) is 33.8. The van der Waals surface area contributed by atoms with Crippen molar-refractivity contribution < 1.29 is 38.2 Å². The van der Waals surface area contributed by atoms with Crippen molar-refractivity contribution in [3.8, 4) is 28.4 Å². The maximum absolute atomic E-state index is 15.8. The number of hydrogen-bond acceptors (Lipinski definition) is 10. The molecule has 0 bridgehead atoms. The van der Waals surface area contributed by atoms with Crippen molar-refractivity contribution in [2.24, 2.45) is 0 Å². The predicted molar refractivity (Wildman–Crippen MR) is 174 cm³/mol. The lowest BCUT2D eigenvalue weighted by Gasteiger charge is -2.19. The Bertz CT molecular complexity index is 1780. The normalized spacial score (nSPS) is 11.3. The maximum atomic E-state index is 15.8. The van der Waals surface area contributed by atoms with Gasteiger partial charge in [0.15, 0.2) is 6.29 Å². The van der Waals surface area contributed by atoms with Crippen LogP contribution in [0.1, 0.15) is 34.3 Å². The first-order valence-electron chi connectivity index (χ1n) is 15.2. The van der Waals surface area contributed by atoms with Crippen LogP contribution in [0.5, 0.6) is 17.2 Å². The van der Waals surface area contributed by atoms with Crippen molar-refractivity contribution in [3.63, 3.8) is 0 Å². The summed E-state index contributed by atoms with van der Waals surface area (Å²) in [5, 5.41) is 26.1. The molecular weight excluding hydrogens is 629 g/mol. The number of benzene rings is 4. The maximum Gasteiger partial charge on any atom is 0.153 e. The second kappa shape index (κ2) is 16.8. The summed E-state index contributed by atoms with van der Waals surface area (Å²) in [5.41, 5.74) is 3.60. The standard InChI is InChI=1S/C35H35ClFN3O7/c36-30-19-27(21-43)33(45-22-24-9-10-31-32(17-24)39-47-38-31)20-34(30)46-23-26-6-4-8-29(35(26)37)25-5-3-7-28(18-25)44-16-2-1-11-40(12-14-41)13-15-42/h3-10,17-21,41-42H,1-2,11-16,22-23H2. The lowest BCUT2D eigenvalue weighted by Crippen LogP contribution is -2.31. The number of unbranched alkanes of at least 4 members (excludes halogenated alkanes) is 1. The molecule has 0 amide bonds. The minimum Gasteiger partial charge on any atom is -0.494 e. The molecule has 0 aliphatic rings. The van der Waals surface area contributed by atoms with Crippen molar-refractivity contribution >= 4 is 28.9 Å². The Labute approximate surface area is 276 Å². The third-order valence-electron chi connectivity index (χ3n) is 7.48. The Kier molecular flexibility index (Phi) is 12.1. The van der Waals surface area contributed by atoms with Crippen molar-refractivity contribution in [1.29, 1.82) is 0 Å². The zero-order valence-electron chi connectivity index (χ0n) is 25.6. The summed E-state index contributed by atoms with van der Waals surface area (Å²) in [6.45, 7) is 2.40. The Morgan fingerprint density at radius 3 is 2.43 bits per heavy atom. The van der Waals surface area contributed by atoms with Crippen LogP contribution in [-0.4, -0.2) is 71.2 Å². The highest BCUT2D eigenvalue weighted by atomic mass is 35.5. The van der Waals surface area contributed by atoms with E-state index in [0.29, 0.717) is 59.5 Å². The second-order valence-electron chi connectivity index (χ2n) is 10.8. The molecule has 47 heavy (non-hydrogen) atoms. The summed E-state index contributed by atoms with van der Waals surface area (Å²) < 4.78 is 38.3. The number of aliphatic hydroxyl groups excluding tert-OH is 2. The zero-order chi connectivity index (χ0) is 33.0. The molecule has 246 valence electrons. The summed E-state index contributed by atoms with van der Waals surface area (Å²) in [7, 11) is 0. The number of nitrogens with zero attached hydrogens (tertiary/aromatic N) is 3. The molecule has 0 radical (unpaired) electrons. The van der Waals surface area contributed by atoms with Gasteiger partial charge in [0.2, 0.25) is 0 Å². The van der Waals surface area contributed by atoms with Crippen LogP contribution in [0.4, 0.5) is 4.39 Å². The minimum absolute atomic E-state index is 0.0496. The molecule has 0 saturated carbocycles. The predicted octanol–water partition coefficient (Wildman–Crippen LogP) is 6.10. The van der Waals surface area contributed by atoms with Gasteiger partial charge in [-0.15, -0.1) is 0 Å². The number of aldehydes is 1. The molecule has 5 aromatic rings. The van der Waals surface area contributed by atoms with Crippen LogP contribution in [0.3, 0.4) is 0 Å². The fourth-order valence-corrected chi connectivity index (χ4v) is 5.25. The second-order valence-corrected chi connectivity index (χ2v) is 11.2. The van der Waals surface area contributed by atoms with Gasteiger partial charge < -0.3 is 24.4 Å². The summed E-state index contributed by atoms with van der Waals surface area (Å²) in [6.07, 6.45) is 2.28. The quantitative estimate of drug-likeness (QED) is 0.0839. The lowest BCUT2D eigenvalue weighted by molar-refractivity contribution is 0.111. The minimum atomic E-state index is -0.438. The van der Waals surface area contributed by atoms with E-state index in [2.05, 4.69) is 10.3 Å². The average Bonchev–Trinajstić information content (AvgIpc) is 3.56. The molecule has 0 aliphatic carbocycles. The van der Waals surface area contributed by atoms with Crippen molar-refractivity contribution in [1.82, 2.24) is 15.2 Å². The molecule has 0 atom stereocenters. The summed E-state index contributed by atoms with van der Waals surface area (Å²) >= 11 is 6.41. The van der Waals surface area contributed by atoms with Gasteiger partial charge in [0.1, 0.15) is 47.3 Å². The van der Waals surface area contributed by atoms with Crippen LogP contribution >= 0.6 is 11.6 Å². The number of halogens is 2. The number of carbonyl (C=O) groups is 1. The van der Waals surface area contributed by atoms with Gasteiger partial charge in [-0.1, -0.05) is 48.0 Å². The molecule has 1 heterocycles. The van der Waals surface area contributed by atoms with E-state index >= 15 is 4.39 Å². The van der Waals surface area contributed by atoms with Gasteiger partial charge >= 0.3 is 0 Å². The molecule has 2 N–H and O–H groups in total. The van der Waals surface area contributed by atoms with Crippen LogP contribution in [0.2, 0.25) is 5.02 Å². The Morgan fingerprint density at radius 1 is 0.830 bits per heavy atom. The molecular formula is C35H35ClFN3O7. The Morgan fingerprint density at radius 2 is 1.62 bits per heavy atom. The first-order valence-corrected chi connectivity index (χ1v) is 15.6. The van der Waals surface area contributed by atoms with Gasteiger partial charge in [0.25, 0.3) is 0 Å². The third kappa shape index (κ3) is 9.05. The highest BCUT2D eigenvalue weighted by molar-refractivity contribution is 6.32. The molecule has 10 nitrogen and oxygen atoms in total. The number of aliphatic hydroxyl groups is 2. The van der Waals surface area contributed by atoms with E-state index in [-0.39, 0.29) is 48.5 Å². The molecule has 0 saturated heterocycles. The summed E-state index contributed by atoms with van der Waals surface area (Å²) in [4.78, 5) is 13.7. The van der Waals surface area contributed by atoms with E-state index in [9.17, 15) is 4.79 Å². The van der Waals surface area contributed by atoms with E-state index in [0.717, 1.165) is 24.9 Å². The zero-order valence-corrected chi connectivity index (χ0v) is 26.4. The van der Waals surface area contributed by atoms with Crippen LogP contribution in [0.25, 0.3) is 22.2 Å². The molecule has 0 aliphatic heterocycles. The topological polar surface area (TPSA) is 127 Å². The van der Waals surface area contributed by atoms with Gasteiger partial charge in [-0.25, -0.2) is 9.02 Å². The molecule has 5 rings (SSSR count). The Hall–Kier alpha value is -4.55. The molecule has 0 spiro atoms. The van der Waals surface area contributed by atoms with E-state index in [4.69, 9.17) is 40.7 Å². The smallest absolute Gasteiger partial charge is 0.153 e. The molecule has 1 aromatic heterocycles. The van der Waals surface area contributed by atoms with Gasteiger partial charge in [-0.3, -0.25) is 9.69 Å². The summed E-state index contributed by atoms with van der Waals surface area (Å²) in [6, 6.07) is 20.6. The van der Waals surface area contributed by atoms with Gasteiger partial charge in [-0.05, 0) is 71.2 Å². The summed E-state index contributed by atoms with van der Waals surface area (Å²) in [5.74, 6) is 0.682. The fourth-order valence-electron chi connectivity index (χ4n) is 5.03. The monoisotopic (exact) mass is 663 g/mol. The average molecular weight is 664 g/mol. The number of rotatable bonds is 18. The van der Waals surface area contributed by atoms with Crippen molar-refractivity contribution in [2.75, 3.05) is 39.5 Å². The van der Waals surface area contributed by atoms with E-state index < -0.39 is 5.82 Å². The molecule has 12 heteroatoms. The first-order chi connectivity index (χ1) is 23.0. The van der Waals surface area contributed by atoms with Crippen molar-refractivity contribution in [2.45, 2.75) is 26.1 Å². The van der Waals surface area contributed by atoms with Crippen molar-refractivity contribution in [3.05, 3.63) is 100 Å². The fraction of sp³-hybridized carbons (Fsp3) is 0.286. The van der Waals surface area contributed by atoms with Crippen LogP contribution in [0.15, 0.2) is 77.4 Å². The van der Waals surface area contributed by atoms with Gasteiger partial charge in [-0.2, -0.15) is 0 Å². The van der Waals surface area contributed by atoms with E-state index in [1.807, 2.05) is 29.2 Å². The van der Waals surface area contributed by atoms with Crippen LogP contribution in [-0.2, 0) is 13.2 Å². The van der Waals surface area contributed by atoms with Crippen LogP contribution < -0.4 is 14.2 Å². The molecule has 0 fully saturated rings. The number of ether oxygens (including phenoxy) is 3. The lowest BCUT2D eigenvalue weighted by atomic mass is 10.0. The van der Waals surface area contributed by atoms with E-state index in [1.165, 1.54) is 12.1 Å². The van der Waals surface area contributed by atoms with Gasteiger partial charge in [0.05, 0.1) is 30.4 Å². The number of aromatic nitrogens is 2. The SMILES string of the molecule is O=Cc1cc(Cl)c(OCc2cccc(-c3cccc(OCCCCN(CCO)CCO)c3)c2F)cc1OCc1ccc2nonc2c1. The van der Waals surface area contributed by atoms with Gasteiger partial charge in [0, 0.05) is 30.3 Å². The Balaban J connectivity index is 1.21. The number of hydrogen-bond donors (Lipinski definition) is 2. The highest BCUT2D eigenvalue weighted by Crippen LogP contribution is 2.34. The largest absolute Gasteiger partial charge is 0.494 e. The highest BCUT2D eigenvalue weighted by Gasteiger charge is 2.15. The number of fused-ring (bicyclic) bond motifs is 1. The molecule has 0 unspecified atom stereocenters. The van der Waals surface area contributed by atoms with E-state index in [1.54, 1.807) is 36.4 Å².